The predicted molar refractivity (Wildman–Crippen MR) is 274 cm³/mol. The first kappa shape index (κ1) is 40.3. The lowest BCUT2D eigenvalue weighted by atomic mass is 9.96. The van der Waals surface area contributed by atoms with Gasteiger partial charge in [-0.1, -0.05) is 170 Å². The van der Waals surface area contributed by atoms with Crippen LogP contribution >= 0.6 is 0 Å². The smallest absolute Gasteiger partial charge is 0.166 e. The molecule has 12 aromatic rings. The largest absolute Gasteiger partial charge is 0.309 e. The summed E-state index contributed by atoms with van der Waals surface area (Å²) < 4.78 is 2.37. The highest BCUT2D eigenvalue weighted by molar-refractivity contribution is 6.11. The van der Waals surface area contributed by atoms with Crippen LogP contribution in [0.4, 0.5) is 0 Å². The molecule has 8 aromatic carbocycles. The van der Waals surface area contributed by atoms with Crippen molar-refractivity contribution < 1.29 is 0 Å². The van der Waals surface area contributed by atoms with Crippen molar-refractivity contribution in [3.63, 3.8) is 0 Å². The number of hydrogen-bond acceptors (Lipinski definition) is 7. The molecule has 0 atom stereocenters. The number of nitrogens with zero attached hydrogens (tertiary/aromatic N) is 8. The number of hydrogen-bond donors (Lipinski definition) is 0. The van der Waals surface area contributed by atoms with Crippen LogP contribution in [0, 0.1) is 6.92 Å². The molecular formula is C60H40N8. The second-order valence-electron chi connectivity index (χ2n) is 16.6. The van der Waals surface area contributed by atoms with E-state index in [1.165, 1.54) is 16.7 Å². The lowest BCUT2D eigenvalue weighted by Crippen LogP contribution is -2.04. The van der Waals surface area contributed by atoms with E-state index in [1.807, 2.05) is 134 Å². The molecule has 12 rings (SSSR count). The highest BCUT2D eigenvalue weighted by atomic mass is 15.0. The maximum absolute atomic E-state index is 5.19. The van der Waals surface area contributed by atoms with Gasteiger partial charge in [0.05, 0.1) is 16.7 Å². The Labute approximate surface area is 393 Å². The molecule has 0 aliphatic rings. The molecule has 68 heavy (non-hydrogen) atoms. The van der Waals surface area contributed by atoms with Gasteiger partial charge >= 0.3 is 0 Å². The SMILES string of the molecule is Cc1ccccc1-c1ccc2c(c1)c1ccccc1n2-c1ccc(-c2nc(-c3ccccc3)nc(-c3ccccc3)n2)cc1-c1ccncc1-c1nc(-c2ccccc2)nc(-c2ccccc2)n1. The monoisotopic (exact) mass is 872 g/mol. The molecule has 0 unspecified atom stereocenters. The van der Waals surface area contributed by atoms with Crippen molar-refractivity contribution in [2.75, 3.05) is 0 Å². The van der Waals surface area contributed by atoms with Gasteiger partial charge < -0.3 is 4.57 Å². The van der Waals surface area contributed by atoms with Gasteiger partial charge in [-0.25, -0.2) is 29.9 Å². The number of aryl methyl sites for hydroxylation is 1. The Bertz CT molecular complexity index is 3680. The number of para-hydroxylation sites is 1. The predicted octanol–water partition coefficient (Wildman–Crippen LogP) is 14.2. The van der Waals surface area contributed by atoms with Crippen LogP contribution in [0.3, 0.4) is 0 Å². The van der Waals surface area contributed by atoms with Crippen LogP contribution in [-0.2, 0) is 0 Å². The molecule has 0 spiro atoms. The zero-order chi connectivity index (χ0) is 45.4. The van der Waals surface area contributed by atoms with Gasteiger partial charge in [0.25, 0.3) is 0 Å². The standard InChI is InChI=1S/C60H40N8/c1-39-18-14-15-27-46(39)44-30-32-54-50(36-44)48-28-16-17-29-52(48)68(54)53-33-31-45(59-64-55(40-19-6-2-7-20-40)62-56(65-59)41-21-8-3-9-22-41)37-49(53)47-34-35-61-38-51(47)60-66-57(42-23-10-4-11-24-42)63-58(67-60)43-25-12-5-13-26-43/h2-38H,1H3. The molecule has 0 saturated heterocycles. The van der Waals surface area contributed by atoms with Crippen molar-refractivity contribution in [3.05, 3.63) is 230 Å². The molecule has 0 amide bonds. The van der Waals surface area contributed by atoms with Gasteiger partial charge in [-0.3, -0.25) is 4.98 Å². The first-order chi connectivity index (χ1) is 33.6. The summed E-state index contributed by atoms with van der Waals surface area (Å²) in [5.41, 5.74) is 13.6. The molecule has 0 aliphatic carbocycles. The molecule has 0 fully saturated rings. The quantitative estimate of drug-likeness (QED) is 0.143. The van der Waals surface area contributed by atoms with Crippen LogP contribution < -0.4 is 0 Å². The third-order valence-corrected chi connectivity index (χ3v) is 12.4. The average Bonchev–Trinajstić information content (AvgIpc) is 3.75. The average molecular weight is 873 g/mol. The molecule has 0 N–H and O–H groups in total. The fourth-order valence-corrected chi connectivity index (χ4v) is 9.06. The number of rotatable bonds is 9. The maximum Gasteiger partial charge on any atom is 0.166 e. The van der Waals surface area contributed by atoms with Gasteiger partial charge in [0.2, 0.25) is 0 Å². The summed E-state index contributed by atoms with van der Waals surface area (Å²) in [6, 6.07) is 72.7. The molecule has 8 nitrogen and oxygen atoms in total. The summed E-state index contributed by atoms with van der Waals surface area (Å²) in [5, 5.41) is 2.30. The van der Waals surface area contributed by atoms with E-state index in [-0.39, 0.29) is 0 Å². The van der Waals surface area contributed by atoms with Crippen molar-refractivity contribution in [2.24, 2.45) is 0 Å². The van der Waals surface area contributed by atoms with Gasteiger partial charge in [-0.05, 0) is 71.6 Å². The van der Waals surface area contributed by atoms with E-state index in [2.05, 4.69) is 102 Å². The van der Waals surface area contributed by atoms with Gasteiger partial charge in [0.1, 0.15) is 0 Å². The Hall–Kier alpha value is -9.27. The van der Waals surface area contributed by atoms with Crippen molar-refractivity contribution >= 4 is 21.8 Å². The van der Waals surface area contributed by atoms with Crippen LogP contribution in [0.25, 0.3) is 118 Å². The fraction of sp³-hybridized carbons (Fsp3) is 0.0167. The minimum atomic E-state index is 0.500. The van der Waals surface area contributed by atoms with Crippen LogP contribution in [-0.4, -0.2) is 39.5 Å². The number of fused-ring (bicyclic) bond motifs is 3. The van der Waals surface area contributed by atoms with Crippen molar-refractivity contribution in [1.82, 2.24) is 39.5 Å². The van der Waals surface area contributed by atoms with E-state index in [4.69, 9.17) is 34.9 Å². The summed E-state index contributed by atoms with van der Waals surface area (Å²) in [4.78, 5) is 35.5. The minimum absolute atomic E-state index is 0.500. The Morgan fingerprint density at radius 3 is 1.35 bits per heavy atom. The van der Waals surface area contributed by atoms with Crippen LogP contribution in [0.2, 0.25) is 0 Å². The minimum Gasteiger partial charge on any atom is -0.309 e. The second kappa shape index (κ2) is 17.3. The summed E-state index contributed by atoms with van der Waals surface area (Å²) in [7, 11) is 0. The molecule has 0 radical (unpaired) electrons. The van der Waals surface area contributed by atoms with E-state index in [0.717, 1.165) is 72.0 Å². The highest BCUT2D eigenvalue weighted by Crippen LogP contribution is 2.42. The zero-order valence-electron chi connectivity index (χ0n) is 36.9. The van der Waals surface area contributed by atoms with Gasteiger partial charge in [0.15, 0.2) is 34.9 Å². The Balaban J connectivity index is 1.13. The Kier molecular flexibility index (Phi) is 10.2. The van der Waals surface area contributed by atoms with Crippen molar-refractivity contribution in [3.8, 4) is 96.3 Å². The van der Waals surface area contributed by atoms with E-state index >= 15 is 0 Å². The molecule has 0 saturated carbocycles. The normalized spacial score (nSPS) is 11.3. The van der Waals surface area contributed by atoms with E-state index in [0.29, 0.717) is 34.9 Å². The molecule has 4 heterocycles. The summed E-state index contributed by atoms with van der Waals surface area (Å²) in [5.74, 6) is 3.35. The van der Waals surface area contributed by atoms with Crippen LogP contribution in [0.1, 0.15) is 5.56 Å². The van der Waals surface area contributed by atoms with E-state index in [1.54, 1.807) is 0 Å². The number of benzene rings is 8. The maximum atomic E-state index is 5.19. The van der Waals surface area contributed by atoms with Gasteiger partial charge in [-0.2, -0.15) is 0 Å². The number of aromatic nitrogens is 8. The topological polar surface area (TPSA) is 95.2 Å². The number of pyridine rings is 1. The third-order valence-electron chi connectivity index (χ3n) is 12.4. The summed E-state index contributed by atoms with van der Waals surface area (Å²) in [6.45, 7) is 2.17. The molecular weight excluding hydrogens is 833 g/mol. The van der Waals surface area contributed by atoms with E-state index in [9.17, 15) is 0 Å². The lowest BCUT2D eigenvalue weighted by molar-refractivity contribution is 1.07. The summed E-state index contributed by atoms with van der Waals surface area (Å²) >= 11 is 0. The molecule has 4 aromatic heterocycles. The first-order valence-electron chi connectivity index (χ1n) is 22.6. The lowest BCUT2D eigenvalue weighted by Gasteiger charge is -2.18. The van der Waals surface area contributed by atoms with Gasteiger partial charge in [0, 0.05) is 62.1 Å². The van der Waals surface area contributed by atoms with E-state index < -0.39 is 0 Å². The summed E-state index contributed by atoms with van der Waals surface area (Å²) in [6.07, 6.45) is 3.69. The first-order valence-corrected chi connectivity index (χ1v) is 22.6. The van der Waals surface area contributed by atoms with Crippen LogP contribution in [0.5, 0.6) is 0 Å². The second-order valence-corrected chi connectivity index (χ2v) is 16.6. The van der Waals surface area contributed by atoms with Crippen molar-refractivity contribution in [1.29, 1.82) is 0 Å². The van der Waals surface area contributed by atoms with Gasteiger partial charge in [-0.15, -0.1) is 0 Å². The molecule has 0 bridgehead atoms. The molecule has 8 heteroatoms. The third kappa shape index (κ3) is 7.46. The van der Waals surface area contributed by atoms with Crippen LogP contribution in [0.15, 0.2) is 225 Å². The van der Waals surface area contributed by atoms with Crippen molar-refractivity contribution in [2.45, 2.75) is 6.92 Å². The zero-order valence-corrected chi connectivity index (χ0v) is 36.9. The highest BCUT2D eigenvalue weighted by Gasteiger charge is 2.23. The molecule has 320 valence electrons. The molecule has 0 aliphatic heterocycles. The Morgan fingerprint density at radius 2 is 0.779 bits per heavy atom. The Morgan fingerprint density at radius 1 is 0.309 bits per heavy atom. The fourth-order valence-electron chi connectivity index (χ4n) is 9.06.